The van der Waals surface area contributed by atoms with Crippen molar-refractivity contribution in [1.29, 1.82) is 0 Å². The fourth-order valence-electron chi connectivity index (χ4n) is 3.49. The van der Waals surface area contributed by atoms with E-state index in [1.807, 2.05) is 34.6 Å². The van der Waals surface area contributed by atoms with Crippen LogP contribution in [-0.4, -0.2) is 39.9 Å². The maximum absolute atomic E-state index is 12.0. The third-order valence-corrected chi connectivity index (χ3v) is 5.20. The summed E-state index contributed by atoms with van der Waals surface area (Å²) in [6, 6.07) is 0. The summed E-state index contributed by atoms with van der Waals surface area (Å²) in [4.78, 5) is 27.9. The monoisotopic (exact) mass is 376 g/mol. The molecule has 0 aliphatic heterocycles. The molecule has 1 aromatic rings. The molecule has 7 nitrogen and oxygen atoms in total. The second-order valence-corrected chi connectivity index (χ2v) is 8.72. The Morgan fingerprint density at radius 3 is 2.41 bits per heavy atom. The topological polar surface area (TPSA) is 97.8 Å². The van der Waals surface area contributed by atoms with E-state index < -0.39 is 29.1 Å². The molecule has 2 aliphatic rings. The highest BCUT2D eigenvalue weighted by Crippen LogP contribution is 2.38. The molecule has 7 heteroatoms. The molecule has 1 saturated carbocycles. The smallest absolute Gasteiger partial charge is 0.408 e. The first-order valence-corrected chi connectivity index (χ1v) is 9.35. The van der Waals surface area contributed by atoms with Crippen LogP contribution in [0, 0.1) is 19.8 Å². The van der Waals surface area contributed by atoms with Gasteiger partial charge in [0.2, 0.25) is 5.88 Å². The Bertz CT molecular complexity index is 778. The largest absolute Gasteiger partial charge is 0.481 e. The summed E-state index contributed by atoms with van der Waals surface area (Å²) in [5.41, 5.74) is 2.83. The average molecular weight is 376 g/mol. The molecule has 27 heavy (non-hydrogen) atoms. The van der Waals surface area contributed by atoms with Gasteiger partial charge in [0.15, 0.2) is 0 Å². The molecule has 1 amide bonds. The first-order chi connectivity index (χ1) is 12.5. The number of alkyl carbamates (subject to hydrolysis) is 1. The molecule has 1 aromatic heterocycles. The van der Waals surface area contributed by atoms with Gasteiger partial charge in [-0.3, -0.25) is 4.79 Å². The summed E-state index contributed by atoms with van der Waals surface area (Å²) in [6.07, 6.45) is 2.25. The van der Waals surface area contributed by atoms with Crippen LogP contribution in [0.2, 0.25) is 0 Å². The number of aryl methyl sites for hydroxylation is 1. The predicted molar refractivity (Wildman–Crippen MR) is 99.1 cm³/mol. The zero-order chi connectivity index (χ0) is 20.0. The number of carboxylic acids is 1. The Morgan fingerprint density at radius 2 is 1.85 bits per heavy atom. The first-order valence-electron chi connectivity index (χ1n) is 9.35. The van der Waals surface area contributed by atoms with Gasteiger partial charge < -0.3 is 19.9 Å². The first kappa shape index (κ1) is 19.5. The van der Waals surface area contributed by atoms with Crippen molar-refractivity contribution < 1.29 is 24.2 Å². The van der Waals surface area contributed by atoms with E-state index in [-0.39, 0.29) is 0 Å². The van der Waals surface area contributed by atoms with Crippen LogP contribution in [0.25, 0.3) is 0 Å². The maximum atomic E-state index is 12.0. The van der Waals surface area contributed by atoms with E-state index in [4.69, 9.17) is 9.47 Å². The lowest BCUT2D eigenvalue weighted by Gasteiger charge is -2.24. The molecule has 0 bridgehead atoms. The number of fused-ring (bicyclic) bond motifs is 1. The number of carbonyl (C=O) groups excluding carboxylic acids is 1. The molecule has 2 N–H and O–H groups in total. The Morgan fingerprint density at radius 1 is 1.22 bits per heavy atom. The van der Waals surface area contributed by atoms with Gasteiger partial charge in [-0.2, -0.15) is 0 Å². The van der Waals surface area contributed by atoms with Crippen LogP contribution in [0.5, 0.6) is 5.88 Å². The number of aromatic nitrogens is 1. The molecule has 0 aromatic carbocycles. The molecule has 1 fully saturated rings. The van der Waals surface area contributed by atoms with E-state index in [1.54, 1.807) is 0 Å². The van der Waals surface area contributed by atoms with E-state index >= 15 is 0 Å². The predicted octanol–water partition coefficient (Wildman–Crippen LogP) is 2.93. The van der Waals surface area contributed by atoms with Crippen molar-refractivity contribution in [3.8, 4) is 5.88 Å². The van der Waals surface area contributed by atoms with E-state index in [0.29, 0.717) is 25.3 Å². The van der Waals surface area contributed by atoms with Crippen molar-refractivity contribution in [2.45, 2.75) is 71.4 Å². The van der Waals surface area contributed by atoms with E-state index in [9.17, 15) is 14.7 Å². The lowest BCUT2D eigenvalue weighted by atomic mass is 10.0. The molecule has 1 heterocycles. The summed E-state index contributed by atoms with van der Waals surface area (Å²) in [5, 5.41) is 12.2. The minimum absolute atomic E-state index is 0.320. The number of hydrogen-bond donors (Lipinski definition) is 2. The molecule has 2 aliphatic carbocycles. The number of hydrogen-bond acceptors (Lipinski definition) is 5. The van der Waals surface area contributed by atoms with Gasteiger partial charge in [-0.05, 0) is 71.4 Å². The highest BCUT2D eigenvalue weighted by atomic mass is 16.6. The summed E-state index contributed by atoms with van der Waals surface area (Å²) < 4.78 is 11.3. The third-order valence-electron chi connectivity index (χ3n) is 5.20. The van der Waals surface area contributed by atoms with Gasteiger partial charge in [-0.25, -0.2) is 9.78 Å². The number of ether oxygens (including phenoxy) is 2. The van der Waals surface area contributed by atoms with Gasteiger partial charge in [0, 0.05) is 11.3 Å². The number of aliphatic carboxylic acids is 1. The minimum atomic E-state index is -0.772. The highest BCUT2D eigenvalue weighted by molar-refractivity contribution is 5.73. The van der Waals surface area contributed by atoms with Crippen LogP contribution in [0.15, 0.2) is 0 Å². The number of nitrogens with zero attached hydrogens (tertiary/aromatic N) is 1. The molecule has 1 atom stereocenters. The molecule has 0 spiro atoms. The quantitative estimate of drug-likeness (QED) is 0.820. The fraction of sp³-hybridized carbons (Fsp3) is 0.650. The van der Waals surface area contributed by atoms with Crippen molar-refractivity contribution in [1.82, 2.24) is 10.3 Å². The highest BCUT2D eigenvalue weighted by Gasteiger charge is 2.46. The van der Waals surface area contributed by atoms with E-state index in [1.165, 1.54) is 0 Å². The van der Waals surface area contributed by atoms with Crippen molar-refractivity contribution in [3.63, 3.8) is 0 Å². The number of pyridine rings is 1. The number of rotatable bonds is 5. The Balaban J connectivity index is 1.67. The molecule has 0 saturated heterocycles. The molecule has 148 valence electrons. The van der Waals surface area contributed by atoms with Crippen LogP contribution in [0.4, 0.5) is 4.79 Å². The van der Waals surface area contributed by atoms with Crippen molar-refractivity contribution >= 4 is 12.1 Å². The van der Waals surface area contributed by atoms with Gasteiger partial charge in [0.1, 0.15) is 12.2 Å². The summed E-state index contributed by atoms with van der Waals surface area (Å²) in [6.45, 7) is 9.61. The van der Waals surface area contributed by atoms with Crippen molar-refractivity contribution in [3.05, 3.63) is 22.4 Å². The number of carbonyl (C=O) groups is 2. The van der Waals surface area contributed by atoms with Crippen LogP contribution in [0.3, 0.4) is 0 Å². The maximum Gasteiger partial charge on any atom is 0.408 e. The Hall–Kier alpha value is -2.31. The Labute approximate surface area is 159 Å². The van der Waals surface area contributed by atoms with E-state index in [0.717, 1.165) is 35.2 Å². The number of carboxylic acid groups (broad SMARTS) is 1. The van der Waals surface area contributed by atoms with Crippen LogP contribution >= 0.6 is 0 Å². The molecular weight excluding hydrogens is 348 g/mol. The van der Waals surface area contributed by atoms with Gasteiger partial charge in [-0.15, -0.1) is 0 Å². The normalized spacial score (nSPS) is 20.0. The van der Waals surface area contributed by atoms with Crippen molar-refractivity contribution in [2.75, 3.05) is 6.61 Å². The lowest BCUT2D eigenvalue weighted by Crippen LogP contribution is -2.44. The SMILES string of the molecule is Cc1nc(OCC2(NC(=O)OC(C)(C)C)CC2)c(C)c2c1CC(C(=O)O)C2. The van der Waals surface area contributed by atoms with Crippen LogP contribution in [0.1, 0.15) is 56.0 Å². The summed E-state index contributed by atoms with van der Waals surface area (Å²) in [7, 11) is 0. The van der Waals surface area contributed by atoms with Gasteiger partial charge >= 0.3 is 12.1 Å². The standard InChI is InChI=1S/C20H28N2O5/c1-11-14-8-13(17(23)24)9-15(14)12(2)21-16(11)26-10-20(6-7-20)22-18(25)27-19(3,4)5/h13H,6-10H2,1-5H3,(H,22,25)(H,23,24). The number of nitrogens with one attached hydrogen (secondary N) is 1. The fourth-order valence-corrected chi connectivity index (χ4v) is 3.49. The second-order valence-electron chi connectivity index (χ2n) is 8.72. The summed E-state index contributed by atoms with van der Waals surface area (Å²) >= 11 is 0. The molecular formula is C20H28N2O5. The molecule has 1 unspecified atom stereocenters. The summed E-state index contributed by atoms with van der Waals surface area (Å²) in [5.74, 6) is -0.640. The molecule has 3 rings (SSSR count). The zero-order valence-corrected chi connectivity index (χ0v) is 16.6. The molecule has 0 radical (unpaired) electrons. The van der Waals surface area contributed by atoms with Crippen LogP contribution < -0.4 is 10.1 Å². The van der Waals surface area contributed by atoms with Gasteiger partial charge in [0.25, 0.3) is 0 Å². The lowest BCUT2D eigenvalue weighted by molar-refractivity contribution is -0.141. The van der Waals surface area contributed by atoms with Gasteiger partial charge in [-0.1, -0.05) is 0 Å². The second kappa shape index (κ2) is 6.69. The van der Waals surface area contributed by atoms with E-state index in [2.05, 4.69) is 10.3 Å². The van der Waals surface area contributed by atoms with Crippen molar-refractivity contribution in [2.24, 2.45) is 5.92 Å². The third kappa shape index (κ3) is 4.34. The van der Waals surface area contributed by atoms with Gasteiger partial charge in [0.05, 0.1) is 11.5 Å². The zero-order valence-electron chi connectivity index (χ0n) is 16.6. The van der Waals surface area contributed by atoms with Crippen LogP contribution in [-0.2, 0) is 22.4 Å². The average Bonchev–Trinajstić information content (AvgIpc) is 3.12. The number of amides is 1. The minimum Gasteiger partial charge on any atom is -0.481 e. The Kier molecular flexibility index (Phi) is 4.82.